The largest absolute Gasteiger partial charge is 0.480 e. The lowest BCUT2D eigenvalue weighted by Crippen LogP contribution is -2.42. The number of Topliss-reactive ketones (excluding diaryl/α,β-unsaturated/α-hetero) is 1. The first-order valence-electron chi connectivity index (χ1n) is 6.19. The third kappa shape index (κ3) is 7.47. The van der Waals surface area contributed by atoms with Crippen LogP contribution in [0.1, 0.15) is 32.6 Å². The minimum atomic E-state index is -1.22. The van der Waals surface area contributed by atoms with Gasteiger partial charge in [0.1, 0.15) is 17.9 Å². The minimum absolute atomic E-state index is 0.0186. The summed E-state index contributed by atoms with van der Waals surface area (Å²) >= 11 is 0. The van der Waals surface area contributed by atoms with Crippen LogP contribution in [0.5, 0.6) is 0 Å². The van der Waals surface area contributed by atoms with E-state index in [1.165, 1.54) is 14.0 Å². The Kier molecular flexibility index (Phi) is 8.14. The van der Waals surface area contributed by atoms with Crippen LogP contribution in [0.25, 0.3) is 0 Å². The molecule has 1 amide bonds. The van der Waals surface area contributed by atoms with Gasteiger partial charge >= 0.3 is 11.9 Å². The summed E-state index contributed by atoms with van der Waals surface area (Å²) in [5.41, 5.74) is 0. The van der Waals surface area contributed by atoms with Crippen LogP contribution in [0.4, 0.5) is 0 Å². The Morgan fingerprint density at radius 2 is 1.45 bits per heavy atom. The molecule has 0 saturated carbocycles. The van der Waals surface area contributed by atoms with Gasteiger partial charge in [0.15, 0.2) is 0 Å². The second kappa shape index (κ2) is 9.03. The van der Waals surface area contributed by atoms with Gasteiger partial charge in [-0.15, -0.1) is 0 Å². The number of ketones is 1. The molecule has 0 aliphatic carbocycles. The SMILES string of the molecule is CNC(CCC(=O)NC(CCC(C)=O)C(=O)O)C(=O)O. The molecule has 0 bridgehead atoms. The van der Waals surface area contributed by atoms with E-state index < -0.39 is 29.9 Å². The molecule has 0 rings (SSSR count). The lowest BCUT2D eigenvalue weighted by molar-refractivity contribution is -0.143. The van der Waals surface area contributed by atoms with Crippen molar-refractivity contribution in [3.8, 4) is 0 Å². The maximum atomic E-state index is 11.6. The highest BCUT2D eigenvalue weighted by Gasteiger charge is 2.22. The monoisotopic (exact) mass is 288 g/mol. The van der Waals surface area contributed by atoms with E-state index in [2.05, 4.69) is 10.6 Å². The van der Waals surface area contributed by atoms with Gasteiger partial charge in [-0.2, -0.15) is 0 Å². The molecule has 0 spiro atoms. The average molecular weight is 288 g/mol. The van der Waals surface area contributed by atoms with E-state index in [1.807, 2.05) is 0 Å². The van der Waals surface area contributed by atoms with Crippen molar-refractivity contribution in [1.29, 1.82) is 0 Å². The summed E-state index contributed by atoms with van der Waals surface area (Å²) in [5.74, 6) is -3.01. The molecule has 0 fully saturated rings. The number of aliphatic carboxylic acids is 2. The van der Waals surface area contributed by atoms with Crippen molar-refractivity contribution >= 4 is 23.6 Å². The van der Waals surface area contributed by atoms with Crippen LogP contribution < -0.4 is 10.6 Å². The zero-order valence-electron chi connectivity index (χ0n) is 11.5. The molecule has 0 aliphatic heterocycles. The molecule has 0 radical (unpaired) electrons. The van der Waals surface area contributed by atoms with Gasteiger partial charge in [0, 0.05) is 12.8 Å². The molecular formula is C12H20N2O6. The number of hydrogen-bond acceptors (Lipinski definition) is 5. The lowest BCUT2D eigenvalue weighted by Gasteiger charge is -2.15. The molecule has 0 aromatic rings. The second-order valence-electron chi connectivity index (χ2n) is 4.42. The zero-order valence-corrected chi connectivity index (χ0v) is 11.5. The summed E-state index contributed by atoms with van der Waals surface area (Å²) in [5, 5.41) is 22.5. The predicted octanol–water partition coefficient (Wildman–Crippen LogP) is -0.622. The van der Waals surface area contributed by atoms with Crippen molar-refractivity contribution in [1.82, 2.24) is 10.6 Å². The zero-order chi connectivity index (χ0) is 15.7. The number of likely N-dealkylation sites (N-methyl/N-ethyl adjacent to an activating group) is 1. The molecule has 0 aromatic heterocycles. The molecule has 0 saturated heterocycles. The Bertz CT molecular complexity index is 382. The lowest BCUT2D eigenvalue weighted by atomic mass is 10.1. The van der Waals surface area contributed by atoms with Crippen molar-refractivity contribution in [3.63, 3.8) is 0 Å². The maximum absolute atomic E-state index is 11.6. The quantitative estimate of drug-likeness (QED) is 0.421. The van der Waals surface area contributed by atoms with Crippen LogP contribution >= 0.6 is 0 Å². The molecule has 0 heterocycles. The fourth-order valence-electron chi connectivity index (χ4n) is 1.54. The second-order valence-corrected chi connectivity index (χ2v) is 4.42. The van der Waals surface area contributed by atoms with Gasteiger partial charge in [-0.05, 0) is 26.8 Å². The van der Waals surface area contributed by atoms with Crippen molar-refractivity contribution in [2.75, 3.05) is 7.05 Å². The van der Waals surface area contributed by atoms with Gasteiger partial charge < -0.3 is 25.6 Å². The first-order chi connectivity index (χ1) is 9.27. The number of carbonyl (C=O) groups is 4. The molecule has 4 N–H and O–H groups in total. The topological polar surface area (TPSA) is 133 Å². The first kappa shape index (κ1) is 18.0. The third-order valence-electron chi connectivity index (χ3n) is 2.73. The van der Waals surface area contributed by atoms with Crippen molar-refractivity contribution in [3.05, 3.63) is 0 Å². The van der Waals surface area contributed by atoms with Crippen molar-refractivity contribution in [2.24, 2.45) is 0 Å². The average Bonchev–Trinajstić information content (AvgIpc) is 2.34. The summed E-state index contributed by atoms with van der Waals surface area (Å²) in [6, 6.07) is -1.99. The number of nitrogens with one attached hydrogen (secondary N) is 2. The standard InChI is InChI=1S/C12H20N2O6/c1-7(15)3-4-9(12(19)20)14-10(16)6-5-8(13-2)11(17)18/h8-9,13H,3-6H2,1-2H3,(H,14,16)(H,17,18)(H,19,20). The van der Waals surface area contributed by atoms with Gasteiger partial charge in [-0.3, -0.25) is 9.59 Å². The van der Waals surface area contributed by atoms with E-state index in [4.69, 9.17) is 10.2 Å². The molecule has 114 valence electrons. The highest BCUT2D eigenvalue weighted by atomic mass is 16.4. The summed E-state index contributed by atoms with van der Waals surface area (Å²) in [4.78, 5) is 44.0. The molecule has 0 aromatic carbocycles. The smallest absolute Gasteiger partial charge is 0.326 e. The minimum Gasteiger partial charge on any atom is -0.480 e. The van der Waals surface area contributed by atoms with Crippen LogP contribution in [0, 0.1) is 0 Å². The number of rotatable bonds is 10. The first-order valence-corrected chi connectivity index (χ1v) is 6.19. The predicted molar refractivity (Wildman–Crippen MR) is 69.2 cm³/mol. The van der Waals surface area contributed by atoms with Gasteiger partial charge in [0.05, 0.1) is 0 Å². The van der Waals surface area contributed by atoms with Crippen LogP contribution in [0.15, 0.2) is 0 Å². The molecule has 0 aliphatic rings. The van der Waals surface area contributed by atoms with Gasteiger partial charge in [0.2, 0.25) is 5.91 Å². The Morgan fingerprint density at radius 3 is 1.85 bits per heavy atom. The molecule has 2 unspecified atom stereocenters. The fraction of sp³-hybridized carbons (Fsp3) is 0.667. The number of carboxylic acid groups (broad SMARTS) is 2. The van der Waals surface area contributed by atoms with Crippen LogP contribution in [-0.4, -0.2) is 53.0 Å². The number of carbonyl (C=O) groups excluding carboxylic acids is 2. The molecule has 20 heavy (non-hydrogen) atoms. The van der Waals surface area contributed by atoms with E-state index in [9.17, 15) is 19.2 Å². The van der Waals surface area contributed by atoms with E-state index in [-0.39, 0.29) is 31.5 Å². The van der Waals surface area contributed by atoms with Gasteiger partial charge in [-0.1, -0.05) is 0 Å². The Hall–Kier alpha value is -1.96. The summed E-state index contributed by atoms with van der Waals surface area (Å²) < 4.78 is 0. The normalized spacial score (nSPS) is 13.3. The molecule has 8 nitrogen and oxygen atoms in total. The fourth-order valence-corrected chi connectivity index (χ4v) is 1.54. The number of amides is 1. The van der Waals surface area contributed by atoms with E-state index >= 15 is 0 Å². The highest BCUT2D eigenvalue weighted by molar-refractivity contribution is 5.84. The summed E-state index contributed by atoms with van der Waals surface area (Å²) in [7, 11) is 1.46. The van der Waals surface area contributed by atoms with Gasteiger partial charge in [-0.25, -0.2) is 4.79 Å². The maximum Gasteiger partial charge on any atom is 0.326 e. The summed E-state index contributed by atoms with van der Waals surface area (Å²) in [6.45, 7) is 1.34. The summed E-state index contributed by atoms with van der Waals surface area (Å²) in [6.07, 6.45) is 0.0225. The Morgan fingerprint density at radius 1 is 0.950 bits per heavy atom. The molecule has 8 heteroatoms. The van der Waals surface area contributed by atoms with Crippen LogP contribution in [0.2, 0.25) is 0 Å². The number of hydrogen-bond donors (Lipinski definition) is 4. The Balaban J connectivity index is 4.29. The Labute approximate surface area is 116 Å². The van der Waals surface area contributed by atoms with Crippen LogP contribution in [0.3, 0.4) is 0 Å². The van der Waals surface area contributed by atoms with Crippen molar-refractivity contribution in [2.45, 2.75) is 44.7 Å². The molecular weight excluding hydrogens is 268 g/mol. The number of carboxylic acids is 2. The van der Waals surface area contributed by atoms with E-state index in [0.29, 0.717) is 0 Å². The van der Waals surface area contributed by atoms with Crippen molar-refractivity contribution < 1.29 is 29.4 Å². The highest BCUT2D eigenvalue weighted by Crippen LogP contribution is 2.02. The van der Waals surface area contributed by atoms with Crippen LogP contribution in [-0.2, 0) is 19.2 Å². The van der Waals surface area contributed by atoms with E-state index in [1.54, 1.807) is 0 Å². The van der Waals surface area contributed by atoms with Gasteiger partial charge in [0.25, 0.3) is 0 Å². The molecule has 2 atom stereocenters. The third-order valence-corrected chi connectivity index (χ3v) is 2.73. The van der Waals surface area contributed by atoms with E-state index in [0.717, 1.165) is 0 Å².